The van der Waals surface area contributed by atoms with Gasteiger partial charge in [0.15, 0.2) is 0 Å². The van der Waals surface area contributed by atoms with Crippen LogP contribution in [0.3, 0.4) is 0 Å². The summed E-state index contributed by atoms with van der Waals surface area (Å²) in [6, 6.07) is 1.97. The van der Waals surface area contributed by atoms with E-state index in [0.717, 1.165) is 0 Å². The number of fused-ring (bicyclic) bond motifs is 1. The van der Waals surface area contributed by atoms with Crippen molar-refractivity contribution < 1.29 is 4.79 Å². The predicted molar refractivity (Wildman–Crippen MR) is 60.2 cm³/mol. The van der Waals surface area contributed by atoms with Crippen molar-refractivity contribution in [3.63, 3.8) is 0 Å². The van der Waals surface area contributed by atoms with E-state index in [-0.39, 0.29) is 12.5 Å². The summed E-state index contributed by atoms with van der Waals surface area (Å²) in [5.74, 6) is -0.197. The van der Waals surface area contributed by atoms with Crippen LogP contribution < -0.4 is 0 Å². The van der Waals surface area contributed by atoms with Gasteiger partial charge < -0.3 is 4.90 Å². The first-order chi connectivity index (χ1) is 8.27. The molecular weight excluding hydrogens is 218 g/mol. The fraction of sp³-hybridized carbons (Fsp3) is 0.273. The third kappa shape index (κ3) is 1.95. The number of hydrogen-bond donors (Lipinski definition) is 0. The van der Waals surface area contributed by atoms with Crippen molar-refractivity contribution in [2.24, 2.45) is 0 Å². The molecule has 2 aromatic heterocycles. The number of carbonyl (C=O) groups excluding carboxylic acids is 1. The van der Waals surface area contributed by atoms with Crippen LogP contribution in [0.4, 0.5) is 0 Å². The van der Waals surface area contributed by atoms with Gasteiger partial charge in [0.1, 0.15) is 6.54 Å². The molecule has 0 saturated heterocycles. The van der Waals surface area contributed by atoms with Gasteiger partial charge in [-0.3, -0.25) is 9.78 Å². The standard InChI is InChI=1S/C11H11N5O/c1-2-15(5-3-12)11(17)9-7-14-16-6-4-13-8-10(9)16/h4,6-8H,2,5H2,1H3. The number of aromatic nitrogens is 3. The first kappa shape index (κ1) is 11.1. The second kappa shape index (κ2) is 4.61. The van der Waals surface area contributed by atoms with Crippen LogP contribution in [0.2, 0.25) is 0 Å². The van der Waals surface area contributed by atoms with Crippen molar-refractivity contribution in [3.05, 3.63) is 30.4 Å². The summed E-state index contributed by atoms with van der Waals surface area (Å²) in [6.07, 6.45) is 6.35. The van der Waals surface area contributed by atoms with Crippen LogP contribution in [0.5, 0.6) is 0 Å². The molecule has 0 aliphatic rings. The summed E-state index contributed by atoms with van der Waals surface area (Å²) in [5, 5.41) is 12.7. The van der Waals surface area contributed by atoms with Gasteiger partial charge in [0.2, 0.25) is 0 Å². The molecule has 0 atom stereocenters. The highest BCUT2D eigenvalue weighted by molar-refractivity contribution is 6.00. The molecular formula is C11H11N5O. The molecule has 86 valence electrons. The van der Waals surface area contributed by atoms with Crippen LogP contribution in [0.1, 0.15) is 17.3 Å². The van der Waals surface area contributed by atoms with Gasteiger partial charge in [-0.1, -0.05) is 0 Å². The third-order valence-corrected chi connectivity index (χ3v) is 2.49. The third-order valence-electron chi connectivity index (χ3n) is 2.49. The zero-order valence-corrected chi connectivity index (χ0v) is 9.37. The lowest BCUT2D eigenvalue weighted by Gasteiger charge is -2.15. The van der Waals surface area contributed by atoms with Crippen molar-refractivity contribution in [2.75, 3.05) is 13.1 Å². The second-order valence-corrected chi connectivity index (χ2v) is 3.44. The maximum Gasteiger partial charge on any atom is 0.258 e. The topological polar surface area (TPSA) is 74.3 Å². The molecule has 0 fully saturated rings. The lowest BCUT2D eigenvalue weighted by molar-refractivity contribution is 0.0786. The Balaban J connectivity index is 2.40. The maximum absolute atomic E-state index is 12.1. The Hall–Kier alpha value is -2.42. The molecule has 1 amide bonds. The molecule has 6 heteroatoms. The largest absolute Gasteiger partial charge is 0.325 e. The molecule has 17 heavy (non-hydrogen) atoms. The molecule has 0 saturated carbocycles. The van der Waals surface area contributed by atoms with Gasteiger partial charge in [-0.05, 0) is 6.92 Å². The molecule has 6 nitrogen and oxygen atoms in total. The molecule has 0 unspecified atom stereocenters. The van der Waals surface area contributed by atoms with E-state index < -0.39 is 0 Å². The smallest absolute Gasteiger partial charge is 0.258 e. The zero-order valence-electron chi connectivity index (χ0n) is 9.37. The van der Waals surface area contributed by atoms with Crippen LogP contribution in [0.25, 0.3) is 5.52 Å². The van der Waals surface area contributed by atoms with E-state index in [1.807, 2.05) is 13.0 Å². The second-order valence-electron chi connectivity index (χ2n) is 3.44. The van der Waals surface area contributed by atoms with Gasteiger partial charge in [-0.25, -0.2) is 4.52 Å². The Morgan fingerprint density at radius 1 is 1.59 bits per heavy atom. The average Bonchev–Trinajstić information content (AvgIpc) is 2.79. The van der Waals surface area contributed by atoms with Crippen LogP contribution in [0, 0.1) is 11.3 Å². The maximum atomic E-state index is 12.1. The SMILES string of the molecule is CCN(CC#N)C(=O)c1cnn2ccncc12. The zero-order chi connectivity index (χ0) is 12.3. The molecule has 2 heterocycles. The predicted octanol–water partition coefficient (Wildman–Crippen LogP) is 0.715. The fourth-order valence-electron chi connectivity index (χ4n) is 1.58. The van der Waals surface area contributed by atoms with Gasteiger partial charge in [0.25, 0.3) is 5.91 Å². The molecule has 0 radical (unpaired) electrons. The summed E-state index contributed by atoms with van der Waals surface area (Å²) in [4.78, 5) is 17.6. The van der Waals surface area contributed by atoms with Gasteiger partial charge >= 0.3 is 0 Å². The minimum absolute atomic E-state index is 0.0763. The number of amides is 1. The van der Waals surface area contributed by atoms with Crippen molar-refractivity contribution in [1.82, 2.24) is 19.5 Å². The average molecular weight is 229 g/mol. The Labute approximate surface area is 98.1 Å². The van der Waals surface area contributed by atoms with E-state index in [2.05, 4.69) is 10.1 Å². The van der Waals surface area contributed by atoms with Crippen molar-refractivity contribution in [3.8, 4) is 6.07 Å². The van der Waals surface area contributed by atoms with E-state index in [1.165, 1.54) is 11.1 Å². The minimum Gasteiger partial charge on any atom is -0.325 e. The summed E-state index contributed by atoms with van der Waals surface area (Å²) in [7, 11) is 0. The highest BCUT2D eigenvalue weighted by Gasteiger charge is 2.18. The molecule has 0 aliphatic carbocycles. The van der Waals surface area contributed by atoms with Crippen LogP contribution >= 0.6 is 0 Å². The van der Waals surface area contributed by atoms with E-state index in [1.54, 1.807) is 23.1 Å². The minimum atomic E-state index is -0.197. The molecule has 0 N–H and O–H groups in total. The molecule has 2 aromatic rings. The van der Waals surface area contributed by atoms with E-state index in [4.69, 9.17) is 5.26 Å². The Bertz CT molecular complexity index is 583. The first-order valence-electron chi connectivity index (χ1n) is 5.21. The Kier molecular flexibility index (Phi) is 3.01. The van der Waals surface area contributed by atoms with E-state index in [0.29, 0.717) is 17.6 Å². The summed E-state index contributed by atoms with van der Waals surface area (Å²) >= 11 is 0. The van der Waals surface area contributed by atoms with Crippen molar-refractivity contribution >= 4 is 11.4 Å². The van der Waals surface area contributed by atoms with E-state index in [9.17, 15) is 4.79 Å². The van der Waals surface area contributed by atoms with Crippen molar-refractivity contribution in [1.29, 1.82) is 5.26 Å². The lowest BCUT2D eigenvalue weighted by atomic mass is 10.2. The Morgan fingerprint density at radius 3 is 3.12 bits per heavy atom. The first-order valence-corrected chi connectivity index (χ1v) is 5.21. The fourth-order valence-corrected chi connectivity index (χ4v) is 1.58. The molecule has 0 bridgehead atoms. The number of carbonyl (C=O) groups is 1. The summed E-state index contributed by atoms with van der Waals surface area (Å²) in [6.45, 7) is 2.40. The summed E-state index contributed by atoms with van der Waals surface area (Å²) < 4.78 is 1.58. The van der Waals surface area contributed by atoms with E-state index >= 15 is 0 Å². The Morgan fingerprint density at radius 2 is 2.41 bits per heavy atom. The highest BCUT2D eigenvalue weighted by atomic mass is 16.2. The van der Waals surface area contributed by atoms with Gasteiger partial charge in [0.05, 0.1) is 29.5 Å². The van der Waals surface area contributed by atoms with Gasteiger partial charge in [0, 0.05) is 18.9 Å². The molecule has 0 aliphatic heterocycles. The normalized spacial score (nSPS) is 10.1. The number of nitrogens with zero attached hydrogens (tertiary/aromatic N) is 5. The monoisotopic (exact) mass is 229 g/mol. The quantitative estimate of drug-likeness (QED) is 0.726. The van der Waals surface area contributed by atoms with Gasteiger partial charge in [-0.2, -0.15) is 10.4 Å². The lowest BCUT2D eigenvalue weighted by Crippen LogP contribution is -2.31. The van der Waals surface area contributed by atoms with Crippen LogP contribution in [0.15, 0.2) is 24.8 Å². The molecule has 0 aromatic carbocycles. The van der Waals surface area contributed by atoms with Gasteiger partial charge in [-0.15, -0.1) is 0 Å². The summed E-state index contributed by atoms with van der Waals surface area (Å²) in [5.41, 5.74) is 1.11. The number of hydrogen-bond acceptors (Lipinski definition) is 4. The highest BCUT2D eigenvalue weighted by Crippen LogP contribution is 2.11. The van der Waals surface area contributed by atoms with Crippen LogP contribution in [-0.2, 0) is 0 Å². The molecule has 0 spiro atoms. The number of nitriles is 1. The van der Waals surface area contributed by atoms with Crippen LogP contribution in [-0.4, -0.2) is 38.5 Å². The van der Waals surface area contributed by atoms with Crippen molar-refractivity contribution in [2.45, 2.75) is 6.92 Å². The molecule has 2 rings (SSSR count). The number of rotatable bonds is 3.